The van der Waals surface area contributed by atoms with Gasteiger partial charge in [0.2, 0.25) is 0 Å². The quantitative estimate of drug-likeness (QED) is 0.194. The van der Waals surface area contributed by atoms with Crippen LogP contribution in [-0.2, 0) is 9.09 Å². The first-order chi connectivity index (χ1) is 11.7. The highest BCUT2D eigenvalue weighted by Crippen LogP contribution is 2.24. The smallest absolute Gasteiger partial charge is 0.316 e. The minimum atomic E-state index is -2.77. The number of hydrogen-bond donors (Lipinski definition) is 1. The summed E-state index contributed by atoms with van der Waals surface area (Å²) in [5.74, 6) is 0.470. The van der Waals surface area contributed by atoms with Crippen molar-refractivity contribution in [2.45, 2.75) is 117 Å². The van der Waals surface area contributed by atoms with E-state index in [0.29, 0.717) is 12.5 Å². The summed E-state index contributed by atoms with van der Waals surface area (Å²) in [6.07, 6.45) is 20.8. The fraction of sp³-hybridized carbons (Fsp3) is 1.00. The van der Waals surface area contributed by atoms with E-state index in [2.05, 4.69) is 13.8 Å². The largest absolute Gasteiger partial charge is 0.326 e. The third-order valence-corrected chi connectivity index (χ3v) is 5.29. The predicted octanol–water partition coefficient (Wildman–Crippen LogP) is 7.28. The van der Waals surface area contributed by atoms with Crippen LogP contribution in [0.2, 0.25) is 0 Å². The molecule has 0 aliphatic carbocycles. The van der Waals surface area contributed by atoms with Crippen LogP contribution in [0.5, 0.6) is 0 Å². The minimum Gasteiger partial charge on any atom is -0.326 e. The van der Waals surface area contributed by atoms with Crippen molar-refractivity contribution in [2.75, 3.05) is 6.61 Å². The maximum atomic E-state index is 10.8. The van der Waals surface area contributed by atoms with Crippen LogP contribution in [0.25, 0.3) is 0 Å². The fourth-order valence-electron chi connectivity index (χ4n) is 3.28. The molecule has 0 fully saturated rings. The number of unbranched alkanes of at least 4 members (excludes halogenated alkanes) is 12. The van der Waals surface area contributed by atoms with Crippen LogP contribution in [-0.4, -0.2) is 11.5 Å². The number of rotatable bonds is 19. The average molecular weight is 363 g/mol. The molecule has 0 heterocycles. The Balaban J connectivity index is 3.69. The molecule has 24 heavy (non-hydrogen) atoms. The van der Waals surface area contributed by atoms with E-state index in [9.17, 15) is 4.57 Å². The van der Waals surface area contributed by atoms with Gasteiger partial charge in [0.05, 0.1) is 6.61 Å². The lowest BCUT2D eigenvalue weighted by Crippen LogP contribution is -2.07. The Morgan fingerprint density at radius 1 is 0.708 bits per heavy atom. The lowest BCUT2D eigenvalue weighted by atomic mass is 9.95. The normalized spacial score (nSPS) is 14.0. The second kappa shape index (κ2) is 19.5. The van der Waals surface area contributed by atoms with Gasteiger partial charge in [-0.25, -0.2) is 0 Å². The molecule has 146 valence electrons. The van der Waals surface area contributed by atoms with Crippen LogP contribution >= 0.6 is 8.25 Å². The van der Waals surface area contributed by atoms with Gasteiger partial charge < -0.3 is 9.42 Å². The van der Waals surface area contributed by atoms with E-state index in [1.54, 1.807) is 0 Å². The Kier molecular flexibility index (Phi) is 19.6. The summed E-state index contributed by atoms with van der Waals surface area (Å²) in [5.41, 5.74) is 0. The summed E-state index contributed by atoms with van der Waals surface area (Å²) in [6.45, 7) is 4.97. The first kappa shape index (κ1) is 24.1. The van der Waals surface area contributed by atoms with Crippen molar-refractivity contribution in [3.8, 4) is 0 Å². The van der Waals surface area contributed by atoms with Gasteiger partial charge in [0.15, 0.2) is 0 Å². The zero-order valence-corrected chi connectivity index (χ0v) is 17.4. The van der Waals surface area contributed by atoms with Crippen LogP contribution in [0, 0.1) is 5.92 Å². The second-order valence-electron chi connectivity index (χ2n) is 7.26. The molecule has 0 saturated carbocycles. The summed E-state index contributed by atoms with van der Waals surface area (Å²) in [4.78, 5) is 8.91. The molecule has 0 rings (SSSR count). The Hall–Kier alpha value is 0.150. The molecule has 0 aromatic rings. The van der Waals surface area contributed by atoms with Gasteiger partial charge in [-0.2, -0.15) is 0 Å². The summed E-state index contributed by atoms with van der Waals surface area (Å²) in [7, 11) is -2.77. The molecule has 0 bridgehead atoms. The van der Waals surface area contributed by atoms with Crippen LogP contribution in [0.15, 0.2) is 0 Å². The third kappa shape index (κ3) is 18.5. The zero-order valence-electron chi connectivity index (χ0n) is 16.4. The standard InChI is InChI=1S/C20H43O3P/c1-3-5-7-9-11-12-14-16-18-20(19-23-24(21)22)17-15-13-10-8-6-4-2/h20,24H,3-19H2,1-2H3,(H,21,22). The molecule has 3 nitrogen and oxygen atoms in total. The topological polar surface area (TPSA) is 46.5 Å². The van der Waals surface area contributed by atoms with E-state index in [-0.39, 0.29) is 0 Å². The molecule has 0 aromatic carbocycles. The summed E-state index contributed by atoms with van der Waals surface area (Å²) in [6, 6.07) is 0. The first-order valence-electron chi connectivity index (χ1n) is 10.6. The molecule has 0 radical (unpaired) electrons. The lowest BCUT2D eigenvalue weighted by molar-refractivity contribution is 0.211. The maximum Gasteiger partial charge on any atom is 0.316 e. The van der Waals surface area contributed by atoms with Gasteiger partial charge >= 0.3 is 8.25 Å². The van der Waals surface area contributed by atoms with Crippen molar-refractivity contribution < 1.29 is 14.0 Å². The Bertz CT molecular complexity index is 272. The van der Waals surface area contributed by atoms with E-state index < -0.39 is 8.25 Å². The lowest BCUT2D eigenvalue weighted by Gasteiger charge is -2.16. The van der Waals surface area contributed by atoms with Crippen LogP contribution in [0.4, 0.5) is 0 Å². The van der Waals surface area contributed by atoms with Crippen LogP contribution < -0.4 is 0 Å². The van der Waals surface area contributed by atoms with Gasteiger partial charge in [0.1, 0.15) is 0 Å². The Morgan fingerprint density at radius 3 is 1.46 bits per heavy atom. The molecule has 0 saturated heterocycles. The predicted molar refractivity (Wildman–Crippen MR) is 106 cm³/mol. The molecular weight excluding hydrogens is 319 g/mol. The monoisotopic (exact) mass is 362 g/mol. The van der Waals surface area contributed by atoms with Gasteiger partial charge in [-0.3, -0.25) is 4.57 Å². The summed E-state index contributed by atoms with van der Waals surface area (Å²) >= 11 is 0. The maximum absolute atomic E-state index is 10.8. The van der Waals surface area contributed by atoms with E-state index in [1.165, 1.54) is 89.9 Å². The highest BCUT2D eigenvalue weighted by atomic mass is 31.1. The molecule has 0 aliphatic rings. The average Bonchev–Trinajstić information content (AvgIpc) is 2.57. The van der Waals surface area contributed by atoms with Crippen molar-refractivity contribution in [1.82, 2.24) is 0 Å². The van der Waals surface area contributed by atoms with Crippen LogP contribution in [0.3, 0.4) is 0 Å². The molecule has 0 aliphatic heterocycles. The summed E-state index contributed by atoms with van der Waals surface area (Å²) in [5, 5.41) is 0. The van der Waals surface area contributed by atoms with E-state index in [0.717, 1.165) is 12.8 Å². The molecule has 0 aromatic heterocycles. The van der Waals surface area contributed by atoms with Crippen LogP contribution in [0.1, 0.15) is 117 Å². The fourth-order valence-corrected chi connectivity index (χ4v) is 3.66. The van der Waals surface area contributed by atoms with Gasteiger partial charge in [0, 0.05) is 0 Å². The number of hydrogen-bond acceptors (Lipinski definition) is 2. The van der Waals surface area contributed by atoms with E-state index >= 15 is 0 Å². The van der Waals surface area contributed by atoms with Gasteiger partial charge in [-0.15, -0.1) is 0 Å². The van der Waals surface area contributed by atoms with E-state index in [4.69, 9.17) is 9.42 Å². The first-order valence-corrected chi connectivity index (χ1v) is 11.8. The SMILES string of the molecule is CCCCCCCCCCC(CCCCCCCC)CO[PH](=O)O. The van der Waals surface area contributed by atoms with Crippen molar-refractivity contribution in [3.63, 3.8) is 0 Å². The minimum absolute atomic E-state index is 0.470. The molecule has 2 unspecified atom stereocenters. The molecular formula is C20H43O3P. The van der Waals surface area contributed by atoms with Gasteiger partial charge in [-0.05, 0) is 18.8 Å². The van der Waals surface area contributed by atoms with Gasteiger partial charge in [0.25, 0.3) is 0 Å². The zero-order chi connectivity index (χ0) is 17.9. The highest BCUT2D eigenvalue weighted by Gasteiger charge is 2.10. The Morgan fingerprint density at radius 2 is 1.08 bits per heavy atom. The molecule has 0 spiro atoms. The Labute approximate surface area is 151 Å². The summed E-state index contributed by atoms with van der Waals surface area (Å²) < 4.78 is 15.8. The molecule has 1 N–H and O–H groups in total. The third-order valence-electron chi connectivity index (χ3n) is 4.87. The second-order valence-corrected chi connectivity index (χ2v) is 8.08. The molecule has 4 heteroatoms. The van der Waals surface area contributed by atoms with E-state index in [1.807, 2.05) is 0 Å². The van der Waals surface area contributed by atoms with Crippen molar-refractivity contribution in [1.29, 1.82) is 0 Å². The van der Waals surface area contributed by atoms with Crippen molar-refractivity contribution in [3.05, 3.63) is 0 Å². The molecule has 2 atom stereocenters. The highest BCUT2D eigenvalue weighted by molar-refractivity contribution is 7.32. The van der Waals surface area contributed by atoms with Crippen molar-refractivity contribution in [2.24, 2.45) is 5.92 Å². The van der Waals surface area contributed by atoms with Crippen molar-refractivity contribution >= 4 is 8.25 Å². The van der Waals surface area contributed by atoms with Gasteiger partial charge in [-0.1, -0.05) is 104 Å². The molecule has 0 amide bonds.